The van der Waals surface area contributed by atoms with Gasteiger partial charge in [0.15, 0.2) is 0 Å². The van der Waals surface area contributed by atoms with Gasteiger partial charge in [-0.3, -0.25) is 10.1 Å². The van der Waals surface area contributed by atoms with Crippen molar-refractivity contribution in [1.82, 2.24) is 0 Å². The monoisotopic (exact) mass is 308 g/mol. The second-order valence-corrected chi connectivity index (χ2v) is 5.72. The maximum absolute atomic E-state index is 10.9. The lowest BCUT2D eigenvalue weighted by Gasteiger charge is -2.08. The van der Waals surface area contributed by atoms with E-state index in [-0.39, 0.29) is 10.6 Å². The van der Waals surface area contributed by atoms with Crippen LogP contribution in [0.3, 0.4) is 0 Å². The molecule has 0 amide bonds. The summed E-state index contributed by atoms with van der Waals surface area (Å²) < 4.78 is 0. The zero-order chi connectivity index (χ0) is 14.7. The van der Waals surface area contributed by atoms with Crippen LogP contribution in [0.4, 0.5) is 11.4 Å². The number of nitrogen functional groups attached to an aromatic ring is 1. The van der Waals surface area contributed by atoms with Crippen LogP contribution >= 0.6 is 23.4 Å². The average Bonchev–Trinajstić information content (AvgIpc) is 2.41. The van der Waals surface area contributed by atoms with Gasteiger partial charge in [0, 0.05) is 28.0 Å². The molecule has 2 aromatic rings. The van der Waals surface area contributed by atoms with E-state index in [1.807, 2.05) is 6.07 Å². The van der Waals surface area contributed by atoms with Gasteiger partial charge in [-0.1, -0.05) is 23.7 Å². The summed E-state index contributed by atoms with van der Waals surface area (Å²) in [5.74, 6) is 0.608. The molecule has 0 aliphatic rings. The van der Waals surface area contributed by atoms with Crippen LogP contribution < -0.4 is 5.73 Å². The zero-order valence-corrected chi connectivity index (χ0v) is 12.4. The number of nitro benzene ring substituents is 1. The van der Waals surface area contributed by atoms with Gasteiger partial charge in [-0.15, -0.1) is 11.8 Å². The van der Waals surface area contributed by atoms with Crippen LogP contribution in [0.25, 0.3) is 0 Å². The van der Waals surface area contributed by atoms with Crippen LogP contribution in [0, 0.1) is 17.0 Å². The number of nitro groups is 1. The third-order valence-corrected chi connectivity index (χ3v) is 4.50. The summed E-state index contributed by atoms with van der Waals surface area (Å²) in [6, 6.07) is 10.4. The van der Waals surface area contributed by atoms with E-state index in [2.05, 4.69) is 0 Å². The zero-order valence-electron chi connectivity index (χ0n) is 10.8. The molecule has 0 fully saturated rings. The van der Waals surface area contributed by atoms with Gasteiger partial charge in [0.25, 0.3) is 5.69 Å². The Bertz CT molecular complexity index is 662. The second kappa shape index (κ2) is 6.15. The molecule has 0 unspecified atom stereocenters. The number of rotatable bonds is 4. The molecule has 6 heteroatoms. The first-order valence-corrected chi connectivity index (χ1v) is 7.26. The smallest absolute Gasteiger partial charge is 0.272 e. The van der Waals surface area contributed by atoms with E-state index in [0.29, 0.717) is 22.0 Å². The molecule has 0 atom stereocenters. The molecule has 104 valence electrons. The molecule has 20 heavy (non-hydrogen) atoms. The summed E-state index contributed by atoms with van der Waals surface area (Å²) in [5.41, 5.74) is 8.12. The Morgan fingerprint density at radius 1 is 1.35 bits per heavy atom. The number of halogens is 1. The van der Waals surface area contributed by atoms with Crippen molar-refractivity contribution < 1.29 is 4.92 Å². The van der Waals surface area contributed by atoms with E-state index in [0.717, 1.165) is 10.5 Å². The van der Waals surface area contributed by atoms with E-state index < -0.39 is 0 Å². The first-order valence-electron chi connectivity index (χ1n) is 5.89. The molecule has 0 spiro atoms. The van der Waals surface area contributed by atoms with Gasteiger partial charge in [-0.25, -0.2) is 0 Å². The number of nitrogens with two attached hydrogens (primary N) is 1. The van der Waals surface area contributed by atoms with Crippen molar-refractivity contribution >= 4 is 34.7 Å². The first-order chi connectivity index (χ1) is 9.49. The fourth-order valence-corrected chi connectivity index (χ4v) is 3.14. The van der Waals surface area contributed by atoms with Crippen molar-refractivity contribution in [2.45, 2.75) is 17.6 Å². The SMILES string of the molecule is Cc1c(CSc2cc(N)ccc2Cl)cccc1[N+](=O)[O-]. The van der Waals surface area contributed by atoms with E-state index >= 15 is 0 Å². The number of hydrogen-bond acceptors (Lipinski definition) is 4. The van der Waals surface area contributed by atoms with Gasteiger partial charge in [-0.05, 0) is 30.7 Å². The topological polar surface area (TPSA) is 69.2 Å². The molecule has 2 N–H and O–H groups in total. The summed E-state index contributed by atoms with van der Waals surface area (Å²) in [5, 5.41) is 11.5. The molecule has 2 rings (SSSR count). The number of thioether (sulfide) groups is 1. The number of hydrogen-bond donors (Lipinski definition) is 1. The Hall–Kier alpha value is -1.72. The Balaban J connectivity index is 2.21. The average molecular weight is 309 g/mol. The number of nitrogens with zero attached hydrogens (tertiary/aromatic N) is 1. The Kier molecular flexibility index (Phi) is 4.52. The minimum atomic E-state index is -0.364. The Morgan fingerprint density at radius 2 is 2.10 bits per heavy atom. The largest absolute Gasteiger partial charge is 0.399 e. The highest BCUT2D eigenvalue weighted by atomic mass is 35.5. The van der Waals surface area contributed by atoms with E-state index in [4.69, 9.17) is 17.3 Å². The van der Waals surface area contributed by atoms with Crippen molar-refractivity contribution in [3.63, 3.8) is 0 Å². The van der Waals surface area contributed by atoms with Crippen LogP contribution in [0.5, 0.6) is 0 Å². The molecular weight excluding hydrogens is 296 g/mol. The number of benzene rings is 2. The van der Waals surface area contributed by atoms with Crippen LogP contribution in [-0.2, 0) is 5.75 Å². The predicted molar refractivity (Wildman–Crippen MR) is 83.3 cm³/mol. The molecule has 0 aliphatic heterocycles. The van der Waals surface area contributed by atoms with Crippen molar-refractivity contribution in [1.29, 1.82) is 0 Å². The maximum Gasteiger partial charge on any atom is 0.272 e. The first kappa shape index (κ1) is 14.7. The lowest BCUT2D eigenvalue weighted by molar-refractivity contribution is -0.385. The summed E-state index contributed by atoms with van der Waals surface area (Å²) in [6.07, 6.45) is 0. The number of anilines is 1. The molecule has 0 aliphatic carbocycles. The molecule has 0 bridgehead atoms. The lowest BCUT2D eigenvalue weighted by atomic mass is 10.1. The van der Waals surface area contributed by atoms with Crippen molar-refractivity contribution in [3.8, 4) is 0 Å². The highest BCUT2D eigenvalue weighted by molar-refractivity contribution is 7.98. The molecule has 2 aromatic carbocycles. The van der Waals surface area contributed by atoms with Gasteiger partial charge in [0.1, 0.15) is 0 Å². The molecule has 0 heterocycles. The van der Waals surface area contributed by atoms with Crippen molar-refractivity contribution in [2.24, 2.45) is 0 Å². The molecular formula is C14H13ClN2O2S. The Labute approximate surface area is 126 Å². The Morgan fingerprint density at radius 3 is 2.80 bits per heavy atom. The predicted octanol–water partition coefficient (Wildman–Crippen LogP) is 4.43. The molecule has 0 saturated carbocycles. The van der Waals surface area contributed by atoms with E-state index in [1.54, 1.807) is 31.2 Å². The maximum atomic E-state index is 10.9. The normalized spacial score (nSPS) is 10.5. The van der Waals surface area contributed by atoms with Crippen LogP contribution in [0.1, 0.15) is 11.1 Å². The van der Waals surface area contributed by atoms with Gasteiger partial charge in [0.2, 0.25) is 0 Å². The molecule has 0 radical (unpaired) electrons. The highest BCUT2D eigenvalue weighted by Gasteiger charge is 2.13. The van der Waals surface area contributed by atoms with Crippen molar-refractivity contribution in [3.05, 3.63) is 62.7 Å². The summed E-state index contributed by atoms with van der Waals surface area (Å²) in [4.78, 5) is 11.4. The summed E-state index contributed by atoms with van der Waals surface area (Å²) in [6.45, 7) is 1.76. The second-order valence-electron chi connectivity index (χ2n) is 4.30. The van der Waals surface area contributed by atoms with E-state index in [9.17, 15) is 10.1 Å². The molecule has 0 aromatic heterocycles. The fourth-order valence-electron chi connectivity index (χ4n) is 1.81. The summed E-state index contributed by atoms with van der Waals surface area (Å²) in [7, 11) is 0. The minimum Gasteiger partial charge on any atom is -0.399 e. The highest BCUT2D eigenvalue weighted by Crippen LogP contribution is 2.33. The van der Waals surface area contributed by atoms with Gasteiger partial charge >= 0.3 is 0 Å². The van der Waals surface area contributed by atoms with Gasteiger partial charge in [-0.2, -0.15) is 0 Å². The third-order valence-electron chi connectivity index (χ3n) is 2.95. The van der Waals surface area contributed by atoms with Gasteiger partial charge in [0.05, 0.1) is 9.95 Å². The van der Waals surface area contributed by atoms with Gasteiger partial charge < -0.3 is 5.73 Å². The molecule has 4 nitrogen and oxygen atoms in total. The standard InChI is InChI=1S/C14H13ClN2O2S/c1-9-10(3-2-4-13(9)17(18)19)8-20-14-7-11(16)5-6-12(14)15/h2-7H,8,16H2,1H3. The molecule has 0 saturated heterocycles. The fraction of sp³-hybridized carbons (Fsp3) is 0.143. The lowest BCUT2D eigenvalue weighted by Crippen LogP contribution is -1.95. The van der Waals surface area contributed by atoms with Crippen LogP contribution in [0.2, 0.25) is 5.02 Å². The quantitative estimate of drug-likeness (QED) is 0.392. The summed E-state index contributed by atoms with van der Waals surface area (Å²) >= 11 is 7.61. The van der Waals surface area contributed by atoms with Crippen LogP contribution in [0.15, 0.2) is 41.3 Å². The van der Waals surface area contributed by atoms with Crippen molar-refractivity contribution in [2.75, 3.05) is 5.73 Å². The minimum absolute atomic E-state index is 0.141. The van der Waals surface area contributed by atoms with Crippen LogP contribution in [-0.4, -0.2) is 4.92 Å². The third kappa shape index (κ3) is 3.23. The van der Waals surface area contributed by atoms with E-state index in [1.165, 1.54) is 17.8 Å².